The molecule has 4 nitrogen and oxygen atoms in total. The van der Waals surface area contributed by atoms with Crippen LogP contribution >= 0.6 is 11.3 Å². The van der Waals surface area contributed by atoms with E-state index in [4.69, 9.17) is 4.74 Å². The molecule has 0 aliphatic heterocycles. The summed E-state index contributed by atoms with van der Waals surface area (Å²) in [6, 6.07) is 19.8. The molecule has 0 saturated heterocycles. The van der Waals surface area contributed by atoms with E-state index in [-0.39, 0.29) is 12.5 Å². The van der Waals surface area contributed by atoms with Gasteiger partial charge >= 0.3 is 0 Å². The van der Waals surface area contributed by atoms with Gasteiger partial charge in [0.2, 0.25) is 0 Å². The molecule has 124 valence electrons. The van der Waals surface area contributed by atoms with Crippen LogP contribution in [0, 0.1) is 6.92 Å². The van der Waals surface area contributed by atoms with Crippen LogP contribution in [0.2, 0.25) is 0 Å². The van der Waals surface area contributed by atoms with E-state index in [9.17, 15) is 4.79 Å². The maximum absolute atomic E-state index is 12.2. The summed E-state index contributed by atoms with van der Waals surface area (Å²) in [5.41, 5.74) is 2.06. The number of carbonyl (C=O) groups excluding carboxylic acids is 1. The standard InChI is InChI=1S/C20H16N2O2S/c1-13-9-10-16-18(11-13)25-20(21-16)22-19(23)12-24-17-8-4-6-14-5-2-3-7-15(14)17/h2-11H,12H2,1H3,(H,21,22,23). The van der Waals surface area contributed by atoms with Crippen molar-refractivity contribution in [3.05, 3.63) is 66.2 Å². The zero-order valence-electron chi connectivity index (χ0n) is 13.7. The summed E-state index contributed by atoms with van der Waals surface area (Å²) in [4.78, 5) is 16.6. The van der Waals surface area contributed by atoms with Crippen molar-refractivity contribution in [3.8, 4) is 5.75 Å². The summed E-state index contributed by atoms with van der Waals surface area (Å²) in [7, 11) is 0. The van der Waals surface area contributed by atoms with Gasteiger partial charge < -0.3 is 4.74 Å². The zero-order valence-corrected chi connectivity index (χ0v) is 14.5. The lowest BCUT2D eigenvalue weighted by Crippen LogP contribution is -2.20. The molecule has 1 heterocycles. The fourth-order valence-corrected chi connectivity index (χ4v) is 3.69. The van der Waals surface area contributed by atoms with Crippen LogP contribution in [0.3, 0.4) is 0 Å². The predicted octanol–water partition coefficient (Wildman–Crippen LogP) is 4.78. The van der Waals surface area contributed by atoms with E-state index in [2.05, 4.69) is 16.4 Å². The number of amides is 1. The lowest BCUT2D eigenvalue weighted by atomic mass is 10.1. The number of benzene rings is 3. The number of aryl methyl sites for hydroxylation is 1. The summed E-state index contributed by atoms with van der Waals surface area (Å²) in [6.07, 6.45) is 0. The van der Waals surface area contributed by atoms with Crippen molar-refractivity contribution in [2.45, 2.75) is 6.92 Å². The van der Waals surface area contributed by atoms with Gasteiger partial charge in [-0.25, -0.2) is 4.98 Å². The third-order valence-electron chi connectivity index (χ3n) is 3.90. The Morgan fingerprint density at radius 1 is 1.12 bits per heavy atom. The largest absolute Gasteiger partial charge is 0.483 e. The first-order valence-corrected chi connectivity index (χ1v) is 8.78. The number of carbonyl (C=O) groups is 1. The van der Waals surface area contributed by atoms with Crippen LogP contribution in [0.1, 0.15) is 5.56 Å². The summed E-state index contributed by atoms with van der Waals surface area (Å²) < 4.78 is 6.77. The Balaban J connectivity index is 1.46. The Labute approximate surface area is 149 Å². The van der Waals surface area contributed by atoms with E-state index in [0.717, 1.165) is 21.0 Å². The van der Waals surface area contributed by atoms with Crippen LogP contribution in [-0.2, 0) is 4.79 Å². The summed E-state index contributed by atoms with van der Waals surface area (Å²) in [5.74, 6) is 0.483. The van der Waals surface area contributed by atoms with Gasteiger partial charge in [0.25, 0.3) is 5.91 Å². The molecule has 0 saturated carbocycles. The fourth-order valence-electron chi connectivity index (χ4n) is 2.71. The van der Waals surface area contributed by atoms with E-state index < -0.39 is 0 Å². The molecule has 0 unspecified atom stereocenters. The van der Waals surface area contributed by atoms with Crippen LogP contribution in [0.15, 0.2) is 60.7 Å². The fraction of sp³-hybridized carbons (Fsp3) is 0.100. The number of ether oxygens (including phenoxy) is 1. The first kappa shape index (κ1) is 15.6. The van der Waals surface area contributed by atoms with E-state index in [1.807, 2.05) is 61.5 Å². The van der Waals surface area contributed by atoms with Crippen molar-refractivity contribution < 1.29 is 9.53 Å². The Bertz CT molecular complexity index is 1070. The molecular formula is C20H16N2O2S. The molecule has 4 rings (SSSR count). The van der Waals surface area contributed by atoms with Crippen LogP contribution in [0.5, 0.6) is 5.75 Å². The van der Waals surface area contributed by atoms with Crippen LogP contribution < -0.4 is 10.1 Å². The molecular weight excluding hydrogens is 332 g/mol. The molecule has 5 heteroatoms. The number of hydrogen-bond acceptors (Lipinski definition) is 4. The minimum absolute atomic E-state index is 0.0526. The molecule has 0 aliphatic rings. The quantitative estimate of drug-likeness (QED) is 0.578. The Hall–Kier alpha value is -2.92. The third-order valence-corrected chi connectivity index (χ3v) is 4.83. The molecule has 3 aromatic carbocycles. The first-order chi connectivity index (χ1) is 12.2. The number of fused-ring (bicyclic) bond motifs is 2. The number of rotatable bonds is 4. The van der Waals surface area contributed by atoms with E-state index in [1.54, 1.807) is 0 Å². The maximum atomic E-state index is 12.2. The topological polar surface area (TPSA) is 51.2 Å². The average Bonchev–Trinajstić information content (AvgIpc) is 3.01. The van der Waals surface area contributed by atoms with E-state index in [0.29, 0.717) is 10.9 Å². The van der Waals surface area contributed by atoms with Gasteiger partial charge in [-0.1, -0.05) is 53.8 Å². The molecule has 1 N–H and O–H groups in total. The molecule has 25 heavy (non-hydrogen) atoms. The molecule has 0 spiro atoms. The van der Waals surface area contributed by atoms with Crippen molar-refractivity contribution in [1.29, 1.82) is 0 Å². The second kappa shape index (κ2) is 6.53. The lowest BCUT2D eigenvalue weighted by Gasteiger charge is -2.08. The number of thiazole rings is 1. The van der Waals surface area contributed by atoms with Gasteiger partial charge in [0.1, 0.15) is 5.75 Å². The van der Waals surface area contributed by atoms with Gasteiger partial charge in [0.05, 0.1) is 10.2 Å². The molecule has 0 atom stereocenters. The van der Waals surface area contributed by atoms with Crippen molar-refractivity contribution in [3.63, 3.8) is 0 Å². The molecule has 0 radical (unpaired) electrons. The van der Waals surface area contributed by atoms with Crippen molar-refractivity contribution >= 4 is 43.4 Å². The summed E-state index contributed by atoms with van der Waals surface area (Å²) >= 11 is 1.47. The van der Waals surface area contributed by atoms with E-state index >= 15 is 0 Å². The Morgan fingerprint density at radius 3 is 2.88 bits per heavy atom. The van der Waals surface area contributed by atoms with E-state index in [1.165, 1.54) is 16.9 Å². The van der Waals surface area contributed by atoms with Gasteiger partial charge in [-0.2, -0.15) is 0 Å². The van der Waals surface area contributed by atoms with Crippen LogP contribution in [0.4, 0.5) is 5.13 Å². The highest BCUT2D eigenvalue weighted by molar-refractivity contribution is 7.22. The molecule has 1 amide bonds. The van der Waals surface area contributed by atoms with Crippen LogP contribution in [0.25, 0.3) is 21.0 Å². The SMILES string of the molecule is Cc1ccc2nc(NC(=O)COc3cccc4ccccc34)sc2c1. The van der Waals surface area contributed by atoms with Crippen LogP contribution in [-0.4, -0.2) is 17.5 Å². The van der Waals surface area contributed by atoms with Gasteiger partial charge in [-0.3, -0.25) is 10.1 Å². The number of nitrogens with zero attached hydrogens (tertiary/aromatic N) is 1. The van der Waals surface area contributed by atoms with Gasteiger partial charge in [-0.05, 0) is 36.1 Å². The first-order valence-electron chi connectivity index (χ1n) is 7.97. The molecule has 4 aromatic rings. The highest BCUT2D eigenvalue weighted by atomic mass is 32.1. The average molecular weight is 348 g/mol. The van der Waals surface area contributed by atoms with Crippen molar-refractivity contribution in [2.24, 2.45) is 0 Å². The molecule has 0 bridgehead atoms. The number of aromatic nitrogens is 1. The zero-order chi connectivity index (χ0) is 17.2. The number of anilines is 1. The highest BCUT2D eigenvalue weighted by Gasteiger charge is 2.10. The normalized spacial score (nSPS) is 10.9. The second-order valence-electron chi connectivity index (χ2n) is 5.80. The van der Waals surface area contributed by atoms with Gasteiger partial charge in [-0.15, -0.1) is 0 Å². The third kappa shape index (κ3) is 3.32. The minimum Gasteiger partial charge on any atom is -0.483 e. The van der Waals surface area contributed by atoms with Gasteiger partial charge in [0, 0.05) is 5.39 Å². The maximum Gasteiger partial charge on any atom is 0.264 e. The van der Waals surface area contributed by atoms with Gasteiger partial charge in [0.15, 0.2) is 11.7 Å². The van der Waals surface area contributed by atoms with Crippen molar-refractivity contribution in [1.82, 2.24) is 4.98 Å². The minimum atomic E-state index is -0.219. The molecule has 1 aromatic heterocycles. The second-order valence-corrected chi connectivity index (χ2v) is 6.83. The summed E-state index contributed by atoms with van der Waals surface area (Å²) in [5, 5.41) is 5.48. The Morgan fingerprint density at radius 2 is 1.96 bits per heavy atom. The van der Waals surface area contributed by atoms with Crippen molar-refractivity contribution in [2.75, 3.05) is 11.9 Å². The predicted molar refractivity (Wildman–Crippen MR) is 102 cm³/mol. The number of nitrogens with one attached hydrogen (secondary N) is 1. The Kier molecular flexibility index (Phi) is 4.07. The summed E-state index contributed by atoms with van der Waals surface area (Å²) in [6.45, 7) is 1.98. The molecule has 0 fully saturated rings. The molecule has 0 aliphatic carbocycles. The smallest absolute Gasteiger partial charge is 0.264 e. The number of hydrogen-bond donors (Lipinski definition) is 1. The highest BCUT2D eigenvalue weighted by Crippen LogP contribution is 2.27. The lowest BCUT2D eigenvalue weighted by molar-refractivity contribution is -0.118. The monoisotopic (exact) mass is 348 g/mol.